The van der Waals surface area contributed by atoms with Crippen LogP contribution in [0.4, 0.5) is 0 Å². The Labute approximate surface area is 161 Å². The predicted molar refractivity (Wildman–Crippen MR) is 105 cm³/mol. The van der Waals surface area contributed by atoms with Crippen molar-refractivity contribution in [2.24, 2.45) is 0 Å². The second-order valence-electron chi connectivity index (χ2n) is 6.61. The molecule has 4 rings (SSSR count). The van der Waals surface area contributed by atoms with Crippen molar-refractivity contribution in [3.8, 4) is 5.75 Å². The molecule has 0 fully saturated rings. The Morgan fingerprint density at radius 1 is 1.27 bits per heavy atom. The predicted octanol–water partition coefficient (Wildman–Crippen LogP) is 4.91. The Bertz CT molecular complexity index is 947. The van der Waals surface area contributed by atoms with Crippen LogP contribution in [0.5, 0.6) is 5.75 Å². The lowest BCUT2D eigenvalue weighted by atomic mass is 10.1. The molecule has 6 heteroatoms. The molecule has 26 heavy (non-hydrogen) atoms. The summed E-state index contributed by atoms with van der Waals surface area (Å²) in [5.74, 6) is 0.894. The monoisotopic (exact) mass is 384 g/mol. The van der Waals surface area contributed by atoms with Gasteiger partial charge in [0, 0.05) is 17.7 Å². The molecule has 1 aliphatic rings. The zero-order valence-corrected chi connectivity index (χ0v) is 16.6. The first-order chi connectivity index (χ1) is 12.5. The highest BCUT2D eigenvalue weighted by molar-refractivity contribution is 7.13. The molecular weight excluding hydrogens is 364 g/mol. The molecule has 0 radical (unpaired) electrons. The maximum atomic E-state index is 13.2. The number of thiazole rings is 1. The first-order valence-corrected chi connectivity index (χ1v) is 10.3. The largest absolute Gasteiger partial charge is 0.483 e. The minimum Gasteiger partial charge on any atom is -0.483 e. The number of nitrogens with zero attached hydrogens (tertiary/aromatic N) is 2. The number of fused-ring (bicyclic) bond motifs is 1. The quantitative estimate of drug-likeness (QED) is 0.631. The van der Waals surface area contributed by atoms with Crippen molar-refractivity contribution < 1.29 is 9.53 Å². The SMILES string of the molecule is Cc1ccc2c(c1)CN(C(=O)c1sc(C)nc1C)CC(c1ccsc1)O2. The zero-order chi connectivity index (χ0) is 18.3. The molecule has 1 unspecified atom stereocenters. The van der Waals surface area contributed by atoms with E-state index >= 15 is 0 Å². The molecule has 1 amide bonds. The first kappa shape index (κ1) is 17.2. The summed E-state index contributed by atoms with van der Waals surface area (Å²) in [5.41, 5.74) is 4.13. The number of amides is 1. The molecule has 1 aliphatic heterocycles. The topological polar surface area (TPSA) is 42.4 Å². The number of ether oxygens (including phenoxy) is 1. The van der Waals surface area contributed by atoms with Gasteiger partial charge < -0.3 is 9.64 Å². The molecule has 0 spiro atoms. The van der Waals surface area contributed by atoms with Crippen molar-refractivity contribution in [1.82, 2.24) is 9.88 Å². The summed E-state index contributed by atoms with van der Waals surface area (Å²) in [4.78, 5) is 20.3. The standard InChI is InChI=1S/C20H20N2O2S2/c1-12-4-5-17-16(8-12)9-22(10-18(24-17)15-6-7-25-11-15)20(23)19-13(2)21-14(3)26-19/h4-8,11,18H,9-10H2,1-3H3. The van der Waals surface area contributed by atoms with Gasteiger partial charge in [-0.2, -0.15) is 11.3 Å². The van der Waals surface area contributed by atoms with Crippen LogP contribution in [0.25, 0.3) is 0 Å². The summed E-state index contributed by atoms with van der Waals surface area (Å²) in [6, 6.07) is 8.24. The molecule has 3 aromatic rings. The second-order valence-corrected chi connectivity index (χ2v) is 8.59. The van der Waals surface area contributed by atoms with Crippen molar-refractivity contribution in [2.45, 2.75) is 33.4 Å². The van der Waals surface area contributed by atoms with Crippen LogP contribution in [0.2, 0.25) is 0 Å². The van der Waals surface area contributed by atoms with E-state index in [0.717, 1.165) is 32.5 Å². The summed E-state index contributed by atoms with van der Waals surface area (Å²) >= 11 is 3.11. The van der Waals surface area contributed by atoms with Crippen LogP contribution >= 0.6 is 22.7 Å². The average Bonchev–Trinajstić information content (AvgIpc) is 3.20. The number of carbonyl (C=O) groups excluding carboxylic acids is 1. The van der Waals surface area contributed by atoms with Crippen LogP contribution in [0.15, 0.2) is 35.0 Å². The summed E-state index contributed by atoms with van der Waals surface area (Å²) < 4.78 is 6.31. The van der Waals surface area contributed by atoms with Crippen molar-refractivity contribution in [2.75, 3.05) is 6.54 Å². The number of aromatic nitrogens is 1. The van der Waals surface area contributed by atoms with Crippen molar-refractivity contribution in [1.29, 1.82) is 0 Å². The van der Waals surface area contributed by atoms with Gasteiger partial charge in [0.15, 0.2) is 0 Å². The van der Waals surface area contributed by atoms with Gasteiger partial charge in [0.25, 0.3) is 5.91 Å². The maximum Gasteiger partial charge on any atom is 0.266 e. The molecule has 0 aliphatic carbocycles. The van der Waals surface area contributed by atoms with Gasteiger partial charge in [-0.3, -0.25) is 4.79 Å². The average molecular weight is 385 g/mol. The fourth-order valence-electron chi connectivity index (χ4n) is 3.27. The Hall–Kier alpha value is -2.18. The third-order valence-electron chi connectivity index (χ3n) is 4.53. The van der Waals surface area contributed by atoms with Crippen LogP contribution in [-0.4, -0.2) is 22.3 Å². The van der Waals surface area contributed by atoms with Crippen LogP contribution in [0, 0.1) is 20.8 Å². The van der Waals surface area contributed by atoms with Gasteiger partial charge in [0.05, 0.1) is 17.2 Å². The van der Waals surface area contributed by atoms with Crippen molar-refractivity contribution in [3.05, 3.63) is 67.3 Å². The van der Waals surface area contributed by atoms with Gasteiger partial charge in [-0.15, -0.1) is 11.3 Å². The van der Waals surface area contributed by atoms with Crippen LogP contribution in [0.3, 0.4) is 0 Å². The summed E-state index contributed by atoms with van der Waals surface area (Å²) in [7, 11) is 0. The van der Waals surface area contributed by atoms with Gasteiger partial charge >= 0.3 is 0 Å². The van der Waals surface area contributed by atoms with Gasteiger partial charge in [0.2, 0.25) is 0 Å². The third kappa shape index (κ3) is 3.27. The number of hydrogen-bond donors (Lipinski definition) is 0. The van der Waals surface area contributed by atoms with Crippen molar-refractivity contribution in [3.63, 3.8) is 0 Å². The normalized spacial score (nSPS) is 16.7. The van der Waals surface area contributed by atoms with E-state index in [1.807, 2.05) is 30.2 Å². The fourth-order valence-corrected chi connectivity index (χ4v) is 4.86. The number of hydrogen-bond acceptors (Lipinski definition) is 5. The lowest BCUT2D eigenvalue weighted by Crippen LogP contribution is -2.33. The fraction of sp³-hybridized carbons (Fsp3) is 0.300. The molecule has 3 heterocycles. The van der Waals surface area contributed by atoms with Crippen LogP contribution in [0.1, 0.15) is 43.2 Å². The molecule has 4 nitrogen and oxygen atoms in total. The van der Waals surface area contributed by atoms with E-state index in [-0.39, 0.29) is 12.0 Å². The van der Waals surface area contributed by atoms with Crippen LogP contribution in [-0.2, 0) is 6.54 Å². The van der Waals surface area contributed by atoms with Crippen molar-refractivity contribution >= 4 is 28.6 Å². The molecule has 0 N–H and O–H groups in total. The van der Waals surface area contributed by atoms with E-state index in [2.05, 4.69) is 35.5 Å². The van der Waals surface area contributed by atoms with Gasteiger partial charge in [-0.25, -0.2) is 4.98 Å². The molecule has 134 valence electrons. The minimum absolute atomic E-state index is 0.0336. The van der Waals surface area contributed by atoms with Gasteiger partial charge in [-0.1, -0.05) is 17.7 Å². The Morgan fingerprint density at radius 3 is 2.81 bits per heavy atom. The first-order valence-electron chi connectivity index (χ1n) is 8.53. The molecular formula is C20H20N2O2S2. The number of benzene rings is 1. The number of rotatable bonds is 2. The molecule has 0 bridgehead atoms. The lowest BCUT2D eigenvalue weighted by molar-refractivity contribution is 0.0681. The Kier molecular flexibility index (Phi) is 4.54. The number of aryl methyl sites for hydroxylation is 3. The van der Waals surface area contributed by atoms with E-state index in [0.29, 0.717) is 13.1 Å². The molecule has 0 saturated carbocycles. The smallest absolute Gasteiger partial charge is 0.266 e. The highest BCUT2D eigenvalue weighted by Crippen LogP contribution is 2.34. The molecule has 2 aromatic heterocycles. The Morgan fingerprint density at radius 2 is 2.12 bits per heavy atom. The minimum atomic E-state index is -0.163. The van der Waals surface area contributed by atoms with E-state index in [1.54, 1.807) is 11.3 Å². The second kappa shape index (κ2) is 6.85. The zero-order valence-electron chi connectivity index (χ0n) is 15.0. The third-order valence-corrected chi connectivity index (χ3v) is 6.29. The lowest BCUT2D eigenvalue weighted by Gasteiger charge is -2.23. The molecule has 1 atom stereocenters. The van der Waals surface area contributed by atoms with Gasteiger partial charge in [0.1, 0.15) is 16.7 Å². The van der Waals surface area contributed by atoms with E-state index < -0.39 is 0 Å². The maximum absolute atomic E-state index is 13.2. The van der Waals surface area contributed by atoms with Crippen LogP contribution < -0.4 is 4.74 Å². The summed E-state index contributed by atoms with van der Waals surface area (Å²) in [5, 5.41) is 5.06. The summed E-state index contributed by atoms with van der Waals surface area (Å²) in [6.07, 6.45) is -0.163. The number of carbonyl (C=O) groups is 1. The van der Waals surface area contributed by atoms with E-state index in [1.165, 1.54) is 16.9 Å². The van der Waals surface area contributed by atoms with Gasteiger partial charge in [-0.05, 0) is 43.7 Å². The highest BCUT2D eigenvalue weighted by atomic mass is 32.1. The molecule has 0 saturated heterocycles. The highest BCUT2D eigenvalue weighted by Gasteiger charge is 2.29. The number of thiophene rings is 1. The van der Waals surface area contributed by atoms with E-state index in [4.69, 9.17) is 4.74 Å². The van der Waals surface area contributed by atoms with E-state index in [9.17, 15) is 4.79 Å². The Balaban J connectivity index is 1.73. The molecule has 1 aromatic carbocycles. The summed E-state index contributed by atoms with van der Waals surface area (Å²) in [6.45, 7) is 6.98.